The van der Waals surface area contributed by atoms with Crippen molar-refractivity contribution in [1.82, 2.24) is 20.5 Å². The summed E-state index contributed by atoms with van der Waals surface area (Å²) in [6.07, 6.45) is 3.16. The van der Waals surface area contributed by atoms with Crippen LogP contribution < -0.4 is 16.0 Å². The van der Waals surface area contributed by atoms with E-state index in [1.54, 1.807) is 12.3 Å². The van der Waals surface area contributed by atoms with E-state index < -0.39 is 11.9 Å². The number of aromatic nitrogens is 1. The van der Waals surface area contributed by atoms with Gasteiger partial charge in [-0.15, -0.1) is 0 Å². The van der Waals surface area contributed by atoms with Crippen molar-refractivity contribution in [2.75, 3.05) is 6.54 Å². The summed E-state index contributed by atoms with van der Waals surface area (Å²) in [6.45, 7) is 2.96. The molecule has 1 fully saturated rings. The highest BCUT2D eigenvalue weighted by atomic mass is 16.3. The molecule has 1 aliphatic rings. The van der Waals surface area contributed by atoms with Crippen LogP contribution in [0.5, 0.6) is 5.88 Å². The van der Waals surface area contributed by atoms with Crippen molar-refractivity contribution < 1.29 is 19.5 Å². The number of hydrogen-bond donors (Lipinski definition) is 4. The first kappa shape index (κ1) is 17.8. The van der Waals surface area contributed by atoms with Crippen molar-refractivity contribution in [2.45, 2.75) is 38.8 Å². The molecule has 1 aliphatic heterocycles. The number of nitrogens with zero attached hydrogens (tertiary/aromatic N) is 1. The third kappa shape index (κ3) is 3.63. The molecule has 1 aromatic heterocycles. The van der Waals surface area contributed by atoms with E-state index in [4.69, 9.17) is 0 Å². The van der Waals surface area contributed by atoms with Gasteiger partial charge in [0.05, 0.1) is 0 Å². The number of carbonyl (C=O) groups excluding carboxylic acids is 3. The minimum absolute atomic E-state index is 0.00491. The molecule has 0 saturated carbocycles. The van der Waals surface area contributed by atoms with Gasteiger partial charge in [0, 0.05) is 36.5 Å². The van der Waals surface area contributed by atoms with Crippen molar-refractivity contribution in [2.24, 2.45) is 0 Å². The molecule has 8 heteroatoms. The van der Waals surface area contributed by atoms with E-state index in [-0.39, 0.29) is 24.2 Å². The van der Waals surface area contributed by atoms with Crippen LogP contribution in [0.15, 0.2) is 24.4 Å². The quantitative estimate of drug-likeness (QED) is 0.607. The molecule has 4 amide bonds. The van der Waals surface area contributed by atoms with Gasteiger partial charge >= 0.3 is 6.03 Å². The smallest absolute Gasteiger partial charge is 0.315 e. The van der Waals surface area contributed by atoms with Gasteiger partial charge in [0.15, 0.2) is 5.88 Å². The second-order valence-electron chi connectivity index (χ2n) is 6.36. The van der Waals surface area contributed by atoms with Gasteiger partial charge < -0.3 is 20.3 Å². The third-order valence-electron chi connectivity index (χ3n) is 4.41. The zero-order valence-electron chi connectivity index (χ0n) is 14.5. The summed E-state index contributed by atoms with van der Waals surface area (Å²) < 4.78 is 1.50. The van der Waals surface area contributed by atoms with Crippen LogP contribution in [-0.4, -0.2) is 34.1 Å². The first-order valence-corrected chi connectivity index (χ1v) is 8.67. The highest BCUT2D eigenvalue weighted by molar-refractivity contribution is 6.00. The van der Waals surface area contributed by atoms with Gasteiger partial charge in [-0.05, 0) is 30.5 Å². The molecular formula is C18H22N4O4. The Morgan fingerprint density at radius 3 is 2.88 bits per heavy atom. The summed E-state index contributed by atoms with van der Waals surface area (Å²) in [6, 6.07) is 4.60. The predicted octanol–water partition coefficient (Wildman–Crippen LogP) is 1.53. The fourth-order valence-electron chi connectivity index (χ4n) is 3.05. The molecule has 0 radical (unpaired) electrons. The molecule has 0 aliphatic carbocycles. The van der Waals surface area contributed by atoms with Crippen molar-refractivity contribution in [1.29, 1.82) is 0 Å². The second-order valence-corrected chi connectivity index (χ2v) is 6.36. The number of fused-ring (bicyclic) bond motifs is 1. The number of benzene rings is 1. The fraction of sp³-hybridized carbons (Fsp3) is 0.389. The minimum atomic E-state index is -0.610. The summed E-state index contributed by atoms with van der Waals surface area (Å²) in [5, 5.41) is 19.6. The van der Waals surface area contributed by atoms with Gasteiger partial charge in [-0.25, -0.2) is 4.79 Å². The Morgan fingerprint density at radius 2 is 2.15 bits per heavy atom. The minimum Gasteiger partial charge on any atom is -0.494 e. The van der Waals surface area contributed by atoms with E-state index in [1.165, 1.54) is 4.57 Å². The van der Waals surface area contributed by atoms with Gasteiger partial charge in [-0.2, -0.15) is 0 Å². The lowest BCUT2D eigenvalue weighted by molar-refractivity contribution is -0.135. The molecule has 1 aromatic carbocycles. The Balaban J connectivity index is 1.77. The number of amides is 4. The summed E-state index contributed by atoms with van der Waals surface area (Å²) in [5.74, 6) is -0.710. The second kappa shape index (κ2) is 7.47. The summed E-state index contributed by atoms with van der Waals surface area (Å²) >= 11 is 0. The maximum atomic E-state index is 12.0. The first-order chi connectivity index (χ1) is 12.5. The topological polar surface area (TPSA) is 112 Å². The van der Waals surface area contributed by atoms with Crippen LogP contribution in [0, 0.1) is 0 Å². The molecular weight excluding hydrogens is 336 g/mol. The van der Waals surface area contributed by atoms with E-state index in [0.717, 1.165) is 17.4 Å². The molecule has 138 valence electrons. The Morgan fingerprint density at radius 1 is 1.35 bits per heavy atom. The van der Waals surface area contributed by atoms with E-state index in [9.17, 15) is 19.5 Å². The summed E-state index contributed by atoms with van der Waals surface area (Å²) in [5.41, 5.74) is 0.879. The highest BCUT2D eigenvalue weighted by Gasteiger charge is 2.29. The number of carbonyl (C=O) groups is 3. The number of rotatable bonds is 5. The number of hydrogen-bond acceptors (Lipinski definition) is 4. The van der Waals surface area contributed by atoms with Crippen molar-refractivity contribution in [3.05, 3.63) is 30.0 Å². The van der Waals surface area contributed by atoms with Crippen molar-refractivity contribution >= 4 is 28.6 Å². The normalized spacial score (nSPS) is 17.2. The molecule has 0 spiro atoms. The van der Waals surface area contributed by atoms with E-state index >= 15 is 0 Å². The largest absolute Gasteiger partial charge is 0.494 e. The van der Waals surface area contributed by atoms with Gasteiger partial charge in [0.2, 0.25) is 11.8 Å². The van der Waals surface area contributed by atoms with Crippen molar-refractivity contribution in [3.8, 4) is 5.88 Å². The molecule has 2 heterocycles. The Bertz CT molecular complexity index is 858. The number of imide groups is 1. The standard InChI is InChI=1S/C18H22N4O4/c1-2-7-19-18(26)20-9-11-3-4-13-12(8-11)10-22(17(13)25)14-5-6-15(23)21-16(14)24/h3-4,8,10,14,25H,2,5-7,9H2,1H3,(H2,19,20,26)(H,21,23,24). The van der Waals surface area contributed by atoms with Gasteiger partial charge in [0.25, 0.3) is 0 Å². The van der Waals surface area contributed by atoms with E-state index in [0.29, 0.717) is 24.9 Å². The Labute approximate surface area is 150 Å². The maximum absolute atomic E-state index is 12.0. The van der Waals surface area contributed by atoms with Crippen LogP contribution in [0.25, 0.3) is 10.8 Å². The SMILES string of the molecule is CCCNC(=O)NCc1ccc2c(O)n(C3CCC(=O)NC3=O)cc2c1. The van der Waals surface area contributed by atoms with Crippen LogP contribution in [-0.2, 0) is 16.1 Å². The van der Waals surface area contributed by atoms with Crippen LogP contribution >= 0.6 is 0 Å². The van der Waals surface area contributed by atoms with Gasteiger partial charge in [-0.3, -0.25) is 14.9 Å². The predicted molar refractivity (Wildman–Crippen MR) is 95.6 cm³/mol. The number of aromatic hydroxyl groups is 1. The monoisotopic (exact) mass is 358 g/mol. The first-order valence-electron chi connectivity index (χ1n) is 8.67. The molecule has 2 aromatic rings. The van der Waals surface area contributed by atoms with Crippen LogP contribution in [0.1, 0.15) is 37.8 Å². The lowest BCUT2D eigenvalue weighted by Crippen LogP contribution is -2.41. The molecule has 1 unspecified atom stereocenters. The van der Waals surface area contributed by atoms with Gasteiger partial charge in [-0.1, -0.05) is 13.0 Å². The molecule has 8 nitrogen and oxygen atoms in total. The number of urea groups is 1. The molecule has 0 bridgehead atoms. The van der Waals surface area contributed by atoms with E-state index in [2.05, 4.69) is 16.0 Å². The lowest BCUT2D eigenvalue weighted by atomic mass is 10.1. The average molecular weight is 358 g/mol. The average Bonchev–Trinajstić information content (AvgIpc) is 2.94. The third-order valence-corrected chi connectivity index (χ3v) is 4.41. The Hall–Kier alpha value is -3.03. The maximum Gasteiger partial charge on any atom is 0.315 e. The molecule has 1 atom stereocenters. The Kier molecular flexibility index (Phi) is 5.11. The summed E-state index contributed by atoms with van der Waals surface area (Å²) in [4.78, 5) is 35.0. The summed E-state index contributed by atoms with van der Waals surface area (Å²) in [7, 11) is 0. The number of nitrogens with one attached hydrogen (secondary N) is 3. The molecule has 4 N–H and O–H groups in total. The van der Waals surface area contributed by atoms with Crippen LogP contribution in [0.2, 0.25) is 0 Å². The van der Waals surface area contributed by atoms with E-state index in [1.807, 2.05) is 19.1 Å². The fourth-order valence-corrected chi connectivity index (χ4v) is 3.05. The zero-order valence-corrected chi connectivity index (χ0v) is 14.5. The van der Waals surface area contributed by atoms with Gasteiger partial charge in [0.1, 0.15) is 6.04 Å². The lowest BCUT2D eigenvalue weighted by Gasteiger charge is -2.22. The van der Waals surface area contributed by atoms with Crippen LogP contribution in [0.4, 0.5) is 4.79 Å². The molecule has 26 heavy (non-hydrogen) atoms. The molecule has 3 rings (SSSR count). The number of piperidine rings is 1. The molecule has 1 saturated heterocycles. The van der Waals surface area contributed by atoms with Crippen LogP contribution in [0.3, 0.4) is 0 Å². The zero-order chi connectivity index (χ0) is 18.7. The highest BCUT2D eigenvalue weighted by Crippen LogP contribution is 2.33. The van der Waals surface area contributed by atoms with Crippen molar-refractivity contribution in [3.63, 3.8) is 0 Å².